The molecule has 1 atom stereocenters. The third-order valence-electron chi connectivity index (χ3n) is 2.96. The van der Waals surface area contributed by atoms with Crippen LogP contribution in [0.5, 0.6) is 0 Å². The van der Waals surface area contributed by atoms with Gasteiger partial charge < -0.3 is 5.32 Å². The summed E-state index contributed by atoms with van der Waals surface area (Å²) >= 11 is 0. The van der Waals surface area contributed by atoms with E-state index in [0.717, 1.165) is 26.2 Å². The van der Waals surface area contributed by atoms with Crippen LogP contribution in [0.2, 0.25) is 0 Å². The molecule has 0 saturated carbocycles. The lowest BCUT2D eigenvalue weighted by Crippen LogP contribution is -2.39. The lowest BCUT2D eigenvalue weighted by atomic mass is 10.2. The van der Waals surface area contributed by atoms with Crippen LogP contribution >= 0.6 is 0 Å². The van der Waals surface area contributed by atoms with E-state index in [9.17, 15) is 0 Å². The highest BCUT2D eigenvalue weighted by Gasteiger charge is 2.08. The maximum atomic E-state index is 4.15. The summed E-state index contributed by atoms with van der Waals surface area (Å²) in [6.07, 6.45) is 3.96. The predicted molar refractivity (Wildman–Crippen MR) is 67.3 cm³/mol. The number of hydrogen-bond donors (Lipinski definition) is 1. The molecular weight excluding hydrogens is 200 g/mol. The van der Waals surface area contributed by atoms with Gasteiger partial charge in [0.1, 0.15) is 0 Å². The van der Waals surface area contributed by atoms with E-state index in [-0.39, 0.29) is 0 Å². The zero-order chi connectivity index (χ0) is 12.0. The van der Waals surface area contributed by atoms with Gasteiger partial charge in [-0.1, -0.05) is 13.8 Å². The van der Waals surface area contributed by atoms with Gasteiger partial charge in [-0.05, 0) is 20.0 Å². The van der Waals surface area contributed by atoms with E-state index < -0.39 is 0 Å². The molecule has 4 nitrogen and oxygen atoms in total. The number of nitrogens with zero attached hydrogens (tertiary/aromatic N) is 3. The molecule has 0 aliphatic rings. The van der Waals surface area contributed by atoms with Gasteiger partial charge in [0.05, 0.1) is 6.20 Å². The molecular formula is C12H24N4. The first kappa shape index (κ1) is 13.2. The molecule has 1 unspecified atom stereocenters. The van der Waals surface area contributed by atoms with Gasteiger partial charge in [-0.2, -0.15) is 5.10 Å². The van der Waals surface area contributed by atoms with Crippen molar-refractivity contribution in [3.8, 4) is 0 Å². The summed E-state index contributed by atoms with van der Waals surface area (Å²) in [5.41, 5.74) is 1.24. The molecule has 1 heterocycles. The monoisotopic (exact) mass is 224 g/mol. The summed E-state index contributed by atoms with van der Waals surface area (Å²) in [6, 6.07) is 0.590. The topological polar surface area (TPSA) is 33.1 Å². The standard InChI is InChI=1S/C12H24N4/c1-5-16(6-2)11(3)7-13-8-12-9-14-15(4)10-12/h9-11,13H,5-8H2,1-4H3. The summed E-state index contributed by atoms with van der Waals surface area (Å²) in [7, 11) is 1.95. The Morgan fingerprint density at radius 2 is 2.12 bits per heavy atom. The number of nitrogens with one attached hydrogen (secondary N) is 1. The molecule has 0 radical (unpaired) electrons. The maximum absolute atomic E-state index is 4.15. The molecule has 0 fully saturated rings. The fourth-order valence-electron chi connectivity index (χ4n) is 1.96. The van der Waals surface area contributed by atoms with Crippen LogP contribution in [-0.4, -0.2) is 40.4 Å². The average molecular weight is 224 g/mol. The van der Waals surface area contributed by atoms with Crippen LogP contribution in [0.3, 0.4) is 0 Å². The molecule has 0 spiro atoms. The lowest BCUT2D eigenvalue weighted by Gasteiger charge is -2.26. The van der Waals surface area contributed by atoms with Crippen molar-refractivity contribution in [2.45, 2.75) is 33.4 Å². The molecule has 0 aliphatic heterocycles. The Balaban J connectivity index is 2.24. The van der Waals surface area contributed by atoms with Crippen LogP contribution in [0, 0.1) is 0 Å². The van der Waals surface area contributed by atoms with Crippen LogP contribution in [0.4, 0.5) is 0 Å². The van der Waals surface area contributed by atoms with Gasteiger partial charge >= 0.3 is 0 Å². The Bertz CT molecular complexity index is 291. The minimum absolute atomic E-state index is 0.590. The summed E-state index contributed by atoms with van der Waals surface area (Å²) in [5.74, 6) is 0. The fraction of sp³-hybridized carbons (Fsp3) is 0.750. The molecule has 0 aliphatic carbocycles. The van der Waals surface area contributed by atoms with Crippen LogP contribution in [0.15, 0.2) is 12.4 Å². The normalized spacial score (nSPS) is 13.3. The fourth-order valence-corrected chi connectivity index (χ4v) is 1.96. The third-order valence-corrected chi connectivity index (χ3v) is 2.96. The van der Waals surface area contributed by atoms with Gasteiger partial charge in [0, 0.05) is 37.9 Å². The third kappa shape index (κ3) is 3.94. The van der Waals surface area contributed by atoms with Crippen molar-refractivity contribution in [3.63, 3.8) is 0 Å². The molecule has 0 saturated heterocycles. The Labute approximate surface area is 98.6 Å². The van der Waals surface area contributed by atoms with E-state index >= 15 is 0 Å². The highest BCUT2D eigenvalue weighted by molar-refractivity contribution is 5.02. The van der Waals surface area contributed by atoms with E-state index in [2.05, 4.69) is 42.3 Å². The second-order valence-corrected chi connectivity index (χ2v) is 4.22. The highest BCUT2D eigenvalue weighted by atomic mass is 15.2. The minimum Gasteiger partial charge on any atom is -0.311 e. The molecule has 1 aromatic rings. The van der Waals surface area contributed by atoms with Crippen molar-refractivity contribution >= 4 is 0 Å². The van der Waals surface area contributed by atoms with Gasteiger partial charge in [-0.3, -0.25) is 9.58 Å². The molecule has 4 heteroatoms. The first-order valence-corrected chi connectivity index (χ1v) is 6.09. The van der Waals surface area contributed by atoms with E-state index in [0.29, 0.717) is 6.04 Å². The Hall–Kier alpha value is -0.870. The van der Waals surface area contributed by atoms with Gasteiger partial charge in [-0.15, -0.1) is 0 Å². The van der Waals surface area contributed by atoms with E-state index in [1.165, 1.54) is 5.56 Å². The van der Waals surface area contributed by atoms with Crippen LogP contribution in [-0.2, 0) is 13.6 Å². The molecule has 0 bridgehead atoms. The molecule has 16 heavy (non-hydrogen) atoms. The van der Waals surface area contributed by atoms with Gasteiger partial charge in [0.2, 0.25) is 0 Å². The summed E-state index contributed by atoms with van der Waals surface area (Å²) in [6.45, 7) is 10.8. The molecule has 1 rings (SSSR count). The smallest absolute Gasteiger partial charge is 0.0534 e. The number of hydrogen-bond acceptors (Lipinski definition) is 3. The second kappa shape index (κ2) is 6.66. The number of aromatic nitrogens is 2. The Morgan fingerprint density at radius 3 is 2.62 bits per heavy atom. The number of aryl methyl sites for hydroxylation is 1. The van der Waals surface area contributed by atoms with Gasteiger partial charge in [0.25, 0.3) is 0 Å². The highest BCUT2D eigenvalue weighted by Crippen LogP contribution is 1.98. The van der Waals surface area contributed by atoms with Gasteiger partial charge in [-0.25, -0.2) is 0 Å². The first-order chi connectivity index (χ1) is 7.67. The average Bonchev–Trinajstić information content (AvgIpc) is 2.66. The van der Waals surface area contributed by atoms with E-state index in [1.54, 1.807) is 0 Å². The zero-order valence-electron chi connectivity index (χ0n) is 10.9. The SMILES string of the molecule is CCN(CC)C(C)CNCc1cnn(C)c1. The number of likely N-dealkylation sites (N-methyl/N-ethyl adjacent to an activating group) is 1. The van der Waals surface area contributed by atoms with Crippen LogP contribution in [0.1, 0.15) is 26.3 Å². The molecule has 0 amide bonds. The van der Waals surface area contributed by atoms with Gasteiger partial charge in [0.15, 0.2) is 0 Å². The summed E-state index contributed by atoms with van der Waals surface area (Å²) in [4.78, 5) is 2.45. The number of rotatable bonds is 7. The Morgan fingerprint density at radius 1 is 1.44 bits per heavy atom. The van der Waals surface area contributed by atoms with E-state index in [1.807, 2.05) is 17.9 Å². The van der Waals surface area contributed by atoms with E-state index in [4.69, 9.17) is 0 Å². The van der Waals surface area contributed by atoms with Crippen molar-refractivity contribution in [1.29, 1.82) is 0 Å². The minimum atomic E-state index is 0.590. The molecule has 1 aromatic heterocycles. The quantitative estimate of drug-likeness (QED) is 0.756. The van der Waals surface area contributed by atoms with Crippen molar-refractivity contribution in [2.75, 3.05) is 19.6 Å². The summed E-state index contributed by atoms with van der Waals surface area (Å²) < 4.78 is 1.84. The predicted octanol–water partition coefficient (Wildman–Crippen LogP) is 1.24. The van der Waals surface area contributed by atoms with Crippen molar-refractivity contribution < 1.29 is 0 Å². The van der Waals surface area contributed by atoms with Crippen molar-refractivity contribution in [3.05, 3.63) is 18.0 Å². The van der Waals surface area contributed by atoms with Crippen molar-refractivity contribution in [2.24, 2.45) is 7.05 Å². The largest absolute Gasteiger partial charge is 0.311 e. The lowest BCUT2D eigenvalue weighted by molar-refractivity contribution is 0.225. The van der Waals surface area contributed by atoms with Crippen molar-refractivity contribution in [1.82, 2.24) is 20.0 Å². The molecule has 0 aromatic carbocycles. The first-order valence-electron chi connectivity index (χ1n) is 6.09. The molecule has 92 valence electrons. The molecule has 1 N–H and O–H groups in total. The van der Waals surface area contributed by atoms with Crippen LogP contribution in [0.25, 0.3) is 0 Å². The second-order valence-electron chi connectivity index (χ2n) is 4.22. The Kier molecular flexibility index (Phi) is 5.49. The summed E-state index contributed by atoms with van der Waals surface area (Å²) in [5, 5.41) is 7.62. The van der Waals surface area contributed by atoms with Crippen LogP contribution < -0.4 is 5.32 Å². The maximum Gasteiger partial charge on any atom is 0.0534 e. The zero-order valence-corrected chi connectivity index (χ0v) is 10.9.